The molecule has 1 unspecified atom stereocenters. The highest BCUT2D eigenvalue weighted by Crippen LogP contribution is 2.55. The first-order chi connectivity index (χ1) is 5.59. The van der Waals surface area contributed by atoms with E-state index >= 15 is 0 Å². The molecule has 64 valence electrons. The van der Waals surface area contributed by atoms with Crippen molar-refractivity contribution < 1.29 is 8.78 Å². The van der Waals surface area contributed by atoms with Crippen molar-refractivity contribution in [2.75, 3.05) is 0 Å². The lowest BCUT2D eigenvalue weighted by Crippen LogP contribution is -1.94. The van der Waals surface area contributed by atoms with Crippen molar-refractivity contribution in [1.29, 1.82) is 0 Å². The summed E-state index contributed by atoms with van der Waals surface area (Å²) >= 11 is 5.40. The smallest absolute Gasteiger partial charge is 0.226 e. The Labute approximate surface area is 72.6 Å². The van der Waals surface area contributed by atoms with Gasteiger partial charge in [0.1, 0.15) is 0 Å². The van der Waals surface area contributed by atoms with Crippen LogP contribution in [-0.2, 0) is 0 Å². The molecule has 0 radical (unpaired) electrons. The van der Waals surface area contributed by atoms with Crippen LogP contribution in [0.4, 0.5) is 8.78 Å². The van der Waals surface area contributed by atoms with Gasteiger partial charge in [-0.15, -0.1) is 0 Å². The summed E-state index contributed by atoms with van der Waals surface area (Å²) in [6.45, 7) is 0. The normalized spacial score (nSPS) is 25.4. The molecule has 1 aromatic heterocycles. The third kappa shape index (κ3) is 1.27. The molecule has 0 N–H and O–H groups in total. The topological polar surface area (TPSA) is 25.8 Å². The zero-order valence-corrected chi connectivity index (χ0v) is 6.72. The fourth-order valence-corrected chi connectivity index (χ4v) is 1.17. The van der Waals surface area contributed by atoms with Gasteiger partial charge in [0.25, 0.3) is 5.92 Å². The van der Waals surface area contributed by atoms with Crippen LogP contribution in [0, 0.1) is 0 Å². The molecule has 1 heterocycles. The molecule has 1 aliphatic rings. The number of rotatable bonds is 1. The average Bonchev–Trinajstić information content (AvgIpc) is 2.61. The van der Waals surface area contributed by atoms with E-state index in [1.165, 1.54) is 12.4 Å². The molecule has 12 heavy (non-hydrogen) atoms. The number of aromatic nitrogens is 2. The number of hydrogen-bond donors (Lipinski definition) is 0. The van der Waals surface area contributed by atoms with E-state index in [-0.39, 0.29) is 11.7 Å². The van der Waals surface area contributed by atoms with Crippen LogP contribution in [0.3, 0.4) is 0 Å². The monoisotopic (exact) mass is 190 g/mol. The first-order valence-electron chi connectivity index (χ1n) is 3.45. The SMILES string of the molecule is FC1(F)CC1c1cnc(Cl)nc1. The van der Waals surface area contributed by atoms with Gasteiger partial charge in [0, 0.05) is 18.8 Å². The molecule has 0 bridgehead atoms. The molecule has 0 saturated heterocycles. The van der Waals surface area contributed by atoms with Crippen LogP contribution < -0.4 is 0 Å². The second-order valence-electron chi connectivity index (χ2n) is 2.80. The van der Waals surface area contributed by atoms with Crippen molar-refractivity contribution in [2.45, 2.75) is 18.3 Å². The van der Waals surface area contributed by atoms with E-state index in [2.05, 4.69) is 9.97 Å². The zero-order chi connectivity index (χ0) is 8.77. The summed E-state index contributed by atoms with van der Waals surface area (Å²) in [6.07, 6.45) is 2.60. The Bertz CT molecular complexity index is 299. The Hall–Kier alpha value is -0.770. The molecule has 0 aromatic carbocycles. The average molecular weight is 191 g/mol. The van der Waals surface area contributed by atoms with Crippen LogP contribution in [-0.4, -0.2) is 15.9 Å². The van der Waals surface area contributed by atoms with E-state index in [4.69, 9.17) is 11.6 Å². The van der Waals surface area contributed by atoms with Crippen molar-refractivity contribution in [3.05, 3.63) is 23.2 Å². The number of halogens is 3. The Balaban J connectivity index is 2.21. The number of nitrogens with zero attached hydrogens (tertiary/aromatic N) is 2. The Morgan fingerprint density at radius 2 is 1.92 bits per heavy atom. The Morgan fingerprint density at radius 1 is 1.42 bits per heavy atom. The molecular weight excluding hydrogens is 186 g/mol. The van der Waals surface area contributed by atoms with Crippen LogP contribution in [0.1, 0.15) is 17.9 Å². The largest absolute Gasteiger partial charge is 0.256 e. The van der Waals surface area contributed by atoms with E-state index < -0.39 is 11.8 Å². The molecule has 1 aliphatic carbocycles. The van der Waals surface area contributed by atoms with Crippen LogP contribution in [0.5, 0.6) is 0 Å². The minimum absolute atomic E-state index is 0.0858. The molecule has 0 aliphatic heterocycles. The van der Waals surface area contributed by atoms with Crippen LogP contribution in [0.15, 0.2) is 12.4 Å². The van der Waals surface area contributed by atoms with Gasteiger partial charge < -0.3 is 0 Å². The van der Waals surface area contributed by atoms with E-state index in [0.717, 1.165) is 0 Å². The molecule has 2 nitrogen and oxygen atoms in total. The van der Waals surface area contributed by atoms with Gasteiger partial charge in [-0.25, -0.2) is 18.7 Å². The van der Waals surface area contributed by atoms with Crippen molar-refractivity contribution in [1.82, 2.24) is 9.97 Å². The van der Waals surface area contributed by atoms with Gasteiger partial charge in [0.15, 0.2) is 0 Å². The molecular formula is C7H5ClF2N2. The van der Waals surface area contributed by atoms with Crippen molar-refractivity contribution in [3.8, 4) is 0 Å². The van der Waals surface area contributed by atoms with Gasteiger partial charge in [-0.1, -0.05) is 0 Å². The maximum Gasteiger partial charge on any atom is 0.256 e. The molecule has 0 amide bonds. The molecule has 0 spiro atoms. The summed E-state index contributed by atoms with van der Waals surface area (Å²) in [5.74, 6) is -3.26. The lowest BCUT2D eigenvalue weighted by molar-refractivity contribution is 0.112. The molecule has 1 atom stereocenters. The van der Waals surface area contributed by atoms with Gasteiger partial charge in [-0.05, 0) is 17.2 Å². The maximum atomic E-state index is 12.5. The fourth-order valence-electron chi connectivity index (χ4n) is 1.08. The Morgan fingerprint density at radius 3 is 2.33 bits per heavy atom. The lowest BCUT2D eigenvalue weighted by Gasteiger charge is -1.96. The molecule has 5 heteroatoms. The third-order valence-electron chi connectivity index (χ3n) is 1.87. The van der Waals surface area contributed by atoms with E-state index in [0.29, 0.717) is 5.56 Å². The molecule has 1 fully saturated rings. The quantitative estimate of drug-likeness (QED) is 0.635. The first kappa shape index (κ1) is 7.86. The van der Waals surface area contributed by atoms with Crippen LogP contribution in [0.2, 0.25) is 5.28 Å². The molecule has 1 aromatic rings. The fraction of sp³-hybridized carbons (Fsp3) is 0.429. The van der Waals surface area contributed by atoms with E-state index in [1.807, 2.05) is 0 Å². The predicted molar refractivity (Wildman–Crippen MR) is 39.3 cm³/mol. The maximum absolute atomic E-state index is 12.5. The first-order valence-corrected chi connectivity index (χ1v) is 3.83. The van der Waals surface area contributed by atoms with Gasteiger partial charge in [-0.2, -0.15) is 0 Å². The molecule has 1 saturated carbocycles. The minimum atomic E-state index is -2.56. The summed E-state index contributed by atoms with van der Waals surface area (Å²) in [4.78, 5) is 7.25. The summed E-state index contributed by atoms with van der Waals surface area (Å²) in [5, 5.41) is 0.0858. The van der Waals surface area contributed by atoms with Gasteiger partial charge >= 0.3 is 0 Å². The van der Waals surface area contributed by atoms with Crippen molar-refractivity contribution in [3.63, 3.8) is 0 Å². The highest BCUT2D eigenvalue weighted by Gasteiger charge is 2.57. The van der Waals surface area contributed by atoms with Gasteiger partial charge in [0.2, 0.25) is 5.28 Å². The summed E-state index contributed by atoms with van der Waals surface area (Å²) in [7, 11) is 0. The summed E-state index contributed by atoms with van der Waals surface area (Å²) in [5.41, 5.74) is 0.462. The zero-order valence-electron chi connectivity index (χ0n) is 5.97. The highest BCUT2D eigenvalue weighted by molar-refractivity contribution is 6.28. The van der Waals surface area contributed by atoms with Gasteiger partial charge in [0.05, 0.1) is 5.92 Å². The predicted octanol–water partition coefficient (Wildman–Crippen LogP) is 2.25. The van der Waals surface area contributed by atoms with Crippen LogP contribution >= 0.6 is 11.6 Å². The number of alkyl halides is 2. The van der Waals surface area contributed by atoms with Gasteiger partial charge in [-0.3, -0.25) is 0 Å². The number of hydrogen-bond acceptors (Lipinski definition) is 2. The van der Waals surface area contributed by atoms with E-state index in [1.54, 1.807) is 0 Å². The summed E-state index contributed by atoms with van der Waals surface area (Å²) in [6, 6.07) is 0. The third-order valence-corrected chi connectivity index (χ3v) is 2.06. The minimum Gasteiger partial charge on any atom is -0.226 e. The second kappa shape index (κ2) is 2.36. The van der Waals surface area contributed by atoms with Crippen LogP contribution in [0.25, 0.3) is 0 Å². The highest BCUT2D eigenvalue weighted by atomic mass is 35.5. The van der Waals surface area contributed by atoms with Crippen molar-refractivity contribution >= 4 is 11.6 Å². The standard InChI is InChI=1S/C7H5ClF2N2/c8-6-11-2-4(3-12-6)5-1-7(5,9)10/h2-3,5H,1H2. The van der Waals surface area contributed by atoms with Crippen molar-refractivity contribution in [2.24, 2.45) is 0 Å². The lowest BCUT2D eigenvalue weighted by atomic mass is 10.2. The Kier molecular flexibility index (Phi) is 1.54. The van der Waals surface area contributed by atoms with E-state index in [9.17, 15) is 8.78 Å². The second-order valence-corrected chi connectivity index (χ2v) is 3.14. The molecule has 2 rings (SSSR count). The summed E-state index contributed by atoms with van der Waals surface area (Å²) < 4.78 is 25.0.